The van der Waals surface area contributed by atoms with Gasteiger partial charge in [-0.15, -0.1) is 0 Å². The molecule has 0 aliphatic heterocycles. The van der Waals surface area contributed by atoms with E-state index in [4.69, 9.17) is 11.5 Å². The number of ether oxygens (including phenoxy) is 1. The zero-order valence-electron chi connectivity index (χ0n) is 8.49. The molecule has 90 valence electrons. The van der Waals surface area contributed by atoms with Crippen molar-refractivity contribution < 1.29 is 9.53 Å². The van der Waals surface area contributed by atoms with Gasteiger partial charge < -0.3 is 21.5 Å². The zero-order chi connectivity index (χ0) is 11.3. The van der Waals surface area contributed by atoms with Crippen LogP contribution in [0.4, 0.5) is 11.6 Å². The molecule has 1 rings (SSSR count). The molecule has 0 aliphatic rings. The van der Waals surface area contributed by atoms with Crippen LogP contribution in [-0.2, 0) is 4.74 Å². The van der Waals surface area contributed by atoms with Crippen LogP contribution >= 0.6 is 0 Å². The number of carbonyl (C=O) groups is 1. The fourth-order valence-electron chi connectivity index (χ4n) is 1.06. The number of carbonyl (C=O) groups excluding carboxylic acids is 1. The maximum Gasteiger partial charge on any atom is 0.341 e. The summed E-state index contributed by atoms with van der Waals surface area (Å²) < 4.78 is 4.54. The van der Waals surface area contributed by atoms with Crippen molar-refractivity contribution >= 4 is 17.6 Å². The van der Waals surface area contributed by atoms with E-state index in [1.165, 1.54) is 7.11 Å². The number of nitrogens with one attached hydrogen (secondary N) is 1. The van der Waals surface area contributed by atoms with Crippen LogP contribution in [-0.4, -0.2) is 31.2 Å². The molecule has 1 heterocycles. The fraction of sp³-hybridized carbons (Fsp3) is 0.400. The van der Waals surface area contributed by atoms with E-state index in [0.717, 1.165) is 0 Å². The monoisotopic (exact) mass is 226 g/mol. The van der Waals surface area contributed by atoms with Gasteiger partial charge in [0, 0.05) is 13.1 Å². The average Bonchev–Trinajstić information content (AvgIpc) is 2.25. The molecule has 0 aromatic carbocycles. The molecule has 0 bridgehead atoms. The lowest BCUT2D eigenvalue weighted by Gasteiger charge is -2.07. The summed E-state index contributed by atoms with van der Waals surface area (Å²) >= 11 is 0. The largest absolute Gasteiger partial charge is 0.465 e. The van der Waals surface area contributed by atoms with E-state index in [1.54, 1.807) is 12.1 Å². The number of rotatable bonds is 4. The molecular weight excluding hydrogens is 208 g/mol. The van der Waals surface area contributed by atoms with Gasteiger partial charge in [-0.25, -0.2) is 9.78 Å². The third kappa shape index (κ3) is 3.39. The standard InChI is InChI=1S/C9H14N4O2.CH4/c1-15-9(14)6-2-3-7(12-5-4-10)13-8(6)11;/h2-3H,4-5,10H2,1H3,(H3,11,12,13);1H4. The van der Waals surface area contributed by atoms with Gasteiger partial charge >= 0.3 is 5.97 Å². The Morgan fingerprint density at radius 3 is 2.75 bits per heavy atom. The van der Waals surface area contributed by atoms with Crippen molar-refractivity contribution in [3.8, 4) is 0 Å². The second-order valence-electron chi connectivity index (χ2n) is 2.84. The van der Waals surface area contributed by atoms with Crippen molar-refractivity contribution in [2.75, 3.05) is 31.2 Å². The SMILES string of the molecule is C.COC(=O)c1ccc(NCCN)nc1N. The Kier molecular flexibility index (Phi) is 5.87. The summed E-state index contributed by atoms with van der Waals surface area (Å²) in [5.41, 5.74) is 11.2. The lowest BCUT2D eigenvalue weighted by molar-refractivity contribution is 0.0601. The topological polar surface area (TPSA) is 103 Å². The van der Waals surface area contributed by atoms with Gasteiger partial charge in [0.15, 0.2) is 0 Å². The van der Waals surface area contributed by atoms with Crippen LogP contribution in [0.3, 0.4) is 0 Å². The molecule has 0 saturated carbocycles. The highest BCUT2D eigenvalue weighted by Gasteiger charge is 2.10. The highest BCUT2D eigenvalue weighted by atomic mass is 16.5. The minimum Gasteiger partial charge on any atom is -0.465 e. The Labute approximate surface area is 95.0 Å². The fourth-order valence-corrected chi connectivity index (χ4v) is 1.06. The van der Waals surface area contributed by atoms with Crippen molar-refractivity contribution in [1.82, 2.24) is 4.98 Å². The van der Waals surface area contributed by atoms with Crippen LogP contribution in [0.15, 0.2) is 12.1 Å². The molecule has 0 spiro atoms. The number of nitrogens with zero attached hydrogens (tertiary/aromatic N) is 1. The molecule has 0 saturated heterocycles. The maximum atomic E-state index is 11.2. The van der Waals surface area contributed by atoms with Crippen molar-refractivity contribution in [1.29, 1.82) is 0 Å². The lowest BCUT2D eigenvalue weighted by atomic mass is 10.2. The minimum absolute atomic E-state index is 0. The first-order valence-electron chi connectivity index (χ1n) is 4.47. The Balaban J connectivity index is 0.00000225. The highest BCUT2D eigenvalue weighted by Crippen LogP contribution is 2.13. The van der Waals surface area contributed by atoms with Gasteiger partial charge in [0.2, 0.25) is 0 Å². The van der Waals surface area contributed by atoms with Gasteiger partial charge in [-0.1, -0.05) is 7.43 Å². The summed E-state index contributed by atoms with van der Waals surface area (Å²) in [4.78, 5) is 15.2. The van der Waals surface area contributed by atoms with Gasteiger partial charge in [0.25, 0.3) is 0 Å². The number of esters is 1. The lowest BCUT2D eigenvalue weighted by Crippen LogP contribution is -2.15. The van der Waals surface area contributed by atoms with E-state index in [2.05, 4.69) is 15.0 Å². The molecule has 0 amide bonds. The smallest absolute Gasteiger partial charge is 0.341 e. The first-order chi connectivity index (χ1) is 7.19. The Hall–Kier alpha value is -1.82. The van der Waals surface area contributed by atoms with E-state index in [0.29, 0.717) is 18.9 Å². The first-order valence-corrected chi connectivity index (χ1v) is 4.47. The molecule has 6 heteroatoms. The third-order valence-electron chi connectivity index (χ3n) is 1.78. The van der Waals surface area contributed by atoms with Crippen molar-refractivity contribution in [3.05, 3.63) is 17.7 Å². The van der Waals surface area contributed by atoms with Gasteiger partial charge in [-0.3, -0.25) is 0 Å². The summed E-state index contributed by atoms with van der Waals surface area (Å²) in [5.74, 6) is 0.236. The normalized spacial score (nSPS) is 9.12. The summed E-state index contributed by atoms with van der Waals surface area (Å²) in [6.45, 7) is 1.10. The van der Waals surface area contributed by atoms with Crippen LogP contribution in [0.25, 0.3) is 0 Å². The molecule has 1 aromatic heterocycles. The van der Waals surface area contributed by atoms with Crippen LogP contribution in [0, 0.1) is 0 Å². The number of hydrogen-bond acceptors (Lipinski definition) is 6. The molecule has 6 nitrogen and oxygen atoms in total. The Morgan fingerprint density at radius 2 is 2.25 bits per heavy atom. The molecule has 0 fully saturated rings. The third-order valence-corrected chi connectivity index (χ3v) is 1.78. The number of methoxy groups -OCH3 is 1. The number of anilines is 2. The van der Waals surface area contributed by atoms with Gasteiger partial charge in [0.1, 0.15) is 17.2 Å². The number of nitrogens with two attached hydrogens (primary N) is 2. The van der Waals surface area contributed by atoms with Crippen LogP contribution in [0.2, 0.25) is 0 Å². The van der Waals surface area contributed by atoms with Crippen molar-refractivity contribution in [2.45, 2.75) is 7.43 Å². The molecule has 0 aliphatic carbocycles. The van der Waals surface area contributed by atoms with Crippen LogP contribution in [0.5, 0.6) is 0 Å². The summed E-state index contributed by atoms with van der Waals surface area (Å²) in [6, 6.07) is 3.21. The quantitative estimate of drug-likeness (QED) is 0.644. The van der Waals surface area contributed by atoms with E-state index in [1.807, 2.05) is 0 Å². The molecule has 16 heavy (non-hydrogen) atoms. The predicted molar refractivity (Wildman–Crippen MR) is 64.3 cm³/mol. The highest BCUT2D eigenvalue weighted by molar-refractivity contribution is 5.94. The van der Waals surface area contributed by atoms with Gasteiger partial charge in [-0.2, -0.15) is 0 Å². The number of aromatic nitrogens is 1. The van der Waals surface area contributed by atoms with Crippen molar-refractivity contribution in [3.63, 3.8) is 0 Å². The van der Waals surface area contributed by atoms with E-state index < -0.39 is 5.97 Å². The summed E-state index contributed by atoms with van der Waals surface area (Å²) in [6.07, 6.45) is 0. The minimum atomic E-state index is -0.495. The molecule has 0 atom stereocenters. The second-order valence-corrected chi connectivity index (χ2v) is 2.84. The van der Waals surface area contributed by atoms with Crippen molar-refractivity contribution in [2.24, 2.45) is 5.73 Å². The molecular formula is C10H18N4O2. The van der Waals surface area contributed by atoms with Gasteiger partial charge in [0.05, 0.1) is 7.11 Å². The Morgan fingerprint density at radius 1 is 1.56 bits per heavy atom. The molecule has 1 aromatic rings. The van der Waals surface area contributed by atoms with E-state index in [-0.39, 0.29) is 18.8 Å². The second kappa shape index (κ2) is 6.62. The number of nitrogen functional groups attached to an aromatic ring is 1. The van der Waals surface area contributed by atoms with E-state index in [9.17, 15) is 4.79 Å². The Bertz CT molecular complexity index is 355. The average molecular weight is 226 g/mol. The molecule has 0 unspecified atom stereocenters. The maximum absolute atomic E-state index is 11.2. The first kappa shape index (κ1) is 14.2. The van der Waals surface area contributed by atoms with E-state index >= 15 is 0 Å². The summed E-state index contributed by atoms with van der Waals surface area (Å²) in [5, 5.41) is 2.95. The number of pyridine rings is 1. The molecule has 5 N–H and O–H groups in total. The van der Waals surface area contributed by atoms with Gasteiger partial charge in [-0.05, 0) is 12.1 Å². The van der Waals surface area contributed by atoms with Crippen LogP contribution < -0.4 is 16.8 Å². The molecule has 0 radical (unpaired) electrons. The zero-order valence-corrected chi connectivity index (χ0v) is 8.49. The predicted octanol–water partition coefficient (Wildman–Crippen LogP) is 0.457. The van der Waals surface area contributed by atoms with Crippen LogP contribution in [0.1, 0.15) is 17.8 Å². The summed E-state index contributed by atoms with van der Waals surface area (Å²) in [7, 11) is 1.29. The number of hydrogen-bond donors (Lipinski definition) is 3.